The Kier molecular flexibility index (Phi) is 3.13. The van der Waals surface area contributed by atoms with Gasteiger partial charge in [-0.15, -0.1) is 0 Å². The first-order chi connectivity index (χ1) is 8.11. The second kappa shape index (κ2) is 4.57. The van der Waals surface area contributed by atoms with Crippen molar-refractivity contribution >= 4 is 16.9 Å². The highest BCUT2D eigenvalue weighted by Gasteiger charge is 2.11. The van der Waals surface area contributed by atoms with Crippen molar-refractivity contribution in [1.29, 1.82) is 0 Å². The van der Waals surface area contributed by atoms with Gasteiger partial charge in [0.1, 0.15) is 11.3 Å². The number of anilines is 1. The first-order valence-corrected chi connectivity index (χ1v) is 5.71. The van der Waals surface area contributed by atoms with E-state index in [0.717, 1.165) is 28.8 Å². The monoisotopic (exact) mass is 231 g/mol. The normalized spacial score (nSPS) is 11.1. The van der Waals surface area contributed by atoms with Crippen LogP contribution in [0.25, 0.3) is 10.9 Å². The van der Waals surface area contributed by atoms with E-state index in [-0.39, 0.29) is 0 Å². The first-order valence-electron chi connectivity index (χ1n) is 5.71. The third-order valence-corrected chi connectivity index (χ3v) is 2.61. The van der Waals surface area contributed by atoms with E-state index in [4.69, 9.17) is 10.5 Å². The summed E-state index contributed by atoms with van der Waals surface area (Å²) in [5.74, 6) is 1.57. The zero-order valence-electron chi connectivity index (χ0n) is 10.4. The number of hydrogen-bond acceptors (Lipinski definition) is 4. The maximum absolute atomic E-state index is 5.75. The lowest BCUT2D eigenvalue weighted by molar-refractivity contribution is 0.419. The Morgan fingerprint density at radius 3 is 2.71 bits per heavy atom. The number of para-hydroxylation sites is 1. The SMILES string of the molecule is COc1cccc2c(CC(C)C)nc(N)nc12. The lowest BCUT2D eigenvalue weighted by Crippen LogP contribution is -2.04. The van der Waals surface area contributed by atoms with Crippen molar-refractivity contribution in [2.75, 3.05) is 12.8 Å². The minimum atomic E-state index is 0.303. The summed E-state index contributed by atoms with van der Waals surface area (Å²) in [4.78, 5) is 8.58. The summed E-state index contributed by atoms with van der Waals surface area (Å²) in [5.41, 5.74) is 7.52. The van der Waals surface area contributed by atoms with E-state index in [1.165, 1.54) is 0 Å². The van der Waals surface area contributed by atoms with Gasteiger partial charge >= 0.3 is 0 Å². The lowest BCUT2D eigenvalue weighted by atomic mass is 10.0. The third-order valence-electron chi connectivity index (χ3n) is 2.61. The van der Waals surface area contributed by atoms with E-state index < -0.39 is 0 Å². The van der Waals surface area contributed by atoms with E-state index in [1.807, 2.05) is 18.2 Å². The number of rotatable bonds is 3. The Morgan fingerprint density at radius 2 is 2.06 bits per heavy atom. The van der Waals surface area contributed by atoms with Gasteiger partial charge in [0.15, 0.2) is 0 Å². The van der Waals surface area contributed by atoms with E-state index in [9.17, 15) is 0 Å². The van der Waals surface area contributed by atoms with Crippen molar-refractivity contribution in [2.24, 2.45) is 5.92 Å². The molecule has 0 aliphatic carbocycles. The van der Waals surface area contributed by atoms with Crippen LogP contribution in [0.1, 0.15) is 19.5 Å². The van der Waals surface area contributed by atoms with Crippen molar-refractivity contribution < 1.29 is 4.74 Å². The topological polar surface area (TPSA) is 61.0 Å². The lowest BCUT2D eigenvalue weighted by Gasteiger charge is -2.10. The summed E-state index contributed by atoms with van der Waals surface area (Å²) in [5, 5.41) is 1.02. The van der Waals surface area contributed by atoms with Crippen molar-refractivity contribution in [1.82, 2.24) is 9.97 Å². The molecule has 2 N–H and O–H groups in total. The van der Waals surface area contributed by atoms with Crippen LogP contribution in [0.15, 0.2) is 18.2 Å². The zero-order chi connectivity index (χ0) is 12.4. The summed E-state index contributed by atoms with van der Waals surface area (Å²) in [6.45, 7) is 4.31. The highest BCUT2D eigenvalue weighted by molar-refractivity contribution is 5.87. The van der Waals surface area contributed by atoms with Crippen molar-refractivity contribution in [3.8, 4) is 5.75 Å². The van der Waals surface area contributed by atoms with Gasteiger partial charge in [-0.1, -0.05) is 26.0 Å². The fourth-order valence-corrected chi connectivity index (χ4v) is 1.92. The molecule has 1 aromatic heterocycles. The van der Waals surface area contributed by atoms with Gasteiger partial charge in [-0.05, 0) is 18.4 Å². The van der Waals surface area contributed by atoms with Crippen LogP contribution in [-0.2, 0) is 6.42 Å². The molecule has 0 spiro atoms. The average Bonchev–Trinajstić information content (AvgIpc) is 2.27. The molecule has 0 fully saturated rings. The van der Waals surface area contributed by atoms with Gasteiger partial charge in [0.25, 0.3) is 0 Å². The minimum Gasteiger partial charge on any atom is -0.494 e. The molecule has 4 heteroatoms. The van der Waals surface area contributed by atoms with Crippen molar-refractivity contribution in [3.63, 3.8) is 0 Å². The average molecular weight is 231 g/mol. The first kappa shape index (κ1) is 11.6. The number of nitrogen functional groups attached to an aromatic ring is 1. The minimum absolute atomic E-state index is 0.303. The molecule has 17 heavy (non-hydrogen) atoms. The number of hydrogen-bond donors (Lipinski definition) is 1. The van der Waals surface area contributed by atoms with Crippen LogP contribution >= 0.6 is 0 Å². The van der Waals surface area contributed by atoms with Crippen LogP contribution in [0, 0.1) is 5.92 Å². The van der Waals surface area contributed by atoms with Crippen LogP contribution in [0.2, 0.25) is 0 Å². The molecule has 0 aliphatic rings. The second-order valence-corrected chi connectivity index (χ2v) is 4.48. The molecule has 1 aromatic carbocycles. The number of ether oxygens (including phenoxy) is 1. The van der Waals surface area contributed by atoms with E-state index >= 15 is 0 Å². The molecule has 0 amide bonds. The number of nitrogens with two attached hydrogens (primary N) is 1. The van der Waals surface area contributed by atoms with Gasteiger partial charge < -0.3 is 10.5 Å². The van der Waals surface area contributed by atoms with Gasteiger partial charge in [-0.2, -0.15) is 0 Å². The molecular weight excluding hydrogens is 214 g/mol. The maximum atomic E-state index is 5.75. The fraction of sp³-hybridized carbons (Fsp3) is 0.385. The van der Waals surface area contributed by atoms with Crippen LogP contribution < -0.4 is 10.5 Å². The Labute approximate surface area is 101 Å². The molecule has 1 heterocycles. The number of nitrogens with zero attached hydrogens (tertiary/aromatic N) is 2. The van der Waals surface area contributed by atoms with Gasteiger partial charge in [-0.3, -0.25) is 0 Å². The number of benzene rings is 1. The number of fused-ring (bicyclic) bond motifs is 1. The van der Waals surface area contributed by atoms with E-state index in [2.05, 4.69) is 23.8 Å². The predicted octanol–water partition coefficient (Wildman–Crippen LogP) is 2.42. The van der Waals surface area contributed by atoms with Gasteiger partial charge in [0.05, 0.1) is 12.8 Å². The summed E-state index contributed by atoms with van der Waals surface area (Å²) in [6.07, 6.45) is 0.885. The molecule has 2 rings (SSSR count). The van der Waals surface area contributed by atoms with Crippen LogP contribution in [0.3, 0.4) is 0 Å². The summed E-state index contributed by atoms with van der Waals surface area (Å²) < 4.78 is 5.30. The van der Waals surface area contributed by atoms with E-state index in [1.54, 1.807) is 7.11 Å². The molecule has 2 aromatic rings. The summed E-state index contributed by atoms with van der Waals surface area (Å²) in [7, 11) is 1.63. The molecule has 0 unspecified atom stereocenters. The highest BCUT2D eigenvalue weighted by Crippen LogP contribution is 2.27. The van der Waals surface area contributed by atoms with Gasteiger partial charge in [0.2, 0.25) is 5.95 Å². The molecule has 90 valence electrons. The number of aromatic nitrogens is 2. The van der Waals surface area contributed by atoms with E-state index in [0.29, 0.717) is 11.9 Å². The van der Waals surface area contributed by atoms with Gasteiger partial charge in [0, 0.05) is 5.39 Å². The fourth-order valence-electron chi connectivity index (χ4n) is 1.92. The Morgan fingerprint density at radius 1 is 1.29 bits per heavy atom. The molecule has 4 nitrogen and oxygen atoms in total. The largest absolute Gasteiger partial charge is 0.494 e. The quantitative estimate of drug-likeness (QED) is 0.881. The standard InChI is InChI=1S/C13H17N3O/c1-8(2)7-10-9-5-4-6-11(17-3)12(9)16-13(14)15-10/h4-6,8H,7H2,1-3H3,(H2,14,15,16). The Balaban J connectivity index is 2.67. The third kappa shape index (κ3) is 2.30. The molecular formula is C13H17N3O. The summed E-state index contributed by atoms with van der Waals surface area (Å²) in [6, 6.07) is 5.84. The molecule has 0 saturated heterocycles. The molecule has 0 radical (unpaired) electrons. The smallest absolute Gasteiger partial charge is 0.220 e. The van der Waals surface area contributed by atoms with Crippen LogP contribution in [0.4, 0.5) is 5.95 Å². The highest BCUT2D eigenvalue weighted by atomic mass is 16.5. The molecule has 0 saturated carbocycles. The Hall–Kier alpha value is -1.84. The van der Waals surface area contributed by atoms with Crippen molar-refractivity contribution in [3.05, 3.63) is 23.9 Å². The predicted molar refractivity (Wildman–Crippen MR) is 69.0 cm³/mol. The number of methoxy groups -OCH3 is 1. The van der Waals surface area contributed by atoms with Crippen LogP contribution in [-0.4, -0.2) is 17.1 Å². The van der Waals surface area contributed by atoms with Crippen LogP contribution in [0.5, 0.6) is 5.75 Å². The maximum Gasteiger partial charge on any atom is 0.220 e. The Bertz CT molecular complexity index is 537. The zero-order valence-corrected chi connectivity index (χ0v) is 10.4. The summed E-state index contributed by atoms with van der Waals surface area (Å²) >= 11 is 0. The van der Waals surface area contributed by atoms with Crippen molar-refractivity contribution in [2.45, 2.75) is 20.3 Å². The van der Waals surface area contributed by atoms with Gasteiger partial charge in [-0.25, -0.2) is 9.97 Å². The molecule has 0 atom stereocenters. The molecule has 0 bridgehead atoms. The second-order valence-electron chi connectivity index (χ2n) is 4.48. The molecule has 0 aliphatic heterocycles.